The molecule has 2 heterocycles. The third-order valence-corrected chi connectivity index (χ3v) is 5.99. The summed E-state index contributed by atoms with van der Waals surface area (Å²) in [6.45, 7) is 4.84. The summed E-state index contributed by atoms with van der Waals surface area (Å²) in [6, 6.07) is 21.7. The van der Waals surface area contributed by atoms with Crippen molar-refractivity contribution in [3.8, 4) is 5.75 Å². The van der Waals surface area contributed by atoms with Crippen molar-refractivity contribution in [1.82, 2.24) is 9.88 Å². The molecule has 0 bridgehead atoms. The number of anilines is 1. The fraction of sp³-hybridized carbons (Fsp3) is 0.321. The molecule has 2 aromatic carbocycles. The molecule has 1 saturated heterocycles. The smallest absolute Gasteiger partial charge is 0.339 e. The van der Waals surface area contributed by atoms with Crippen LogP contribution in [0.3, 0.4) is 0 Å². The fourth-order valence-corrected chi connectivity index (χ4v) is 4.14. The molecule has 7 heteroatoms. The molecular weight excluding hydrogens is 442 g/mol. The summed E-state index contributed by atoms with van der Waals surface area (Å²) in [7, 11) is 0. The lowest BCUT2D eigenvalue weighted by Gasteiger charge is -2.23. The van der Waals surface area contributed by atoms with E-state index in [-0.39, 0.29) is 18.5 Å². The van der Waals surface area contributed by atoms with E-state index in [1.54, 1.807) is 19.2 Å². The summed E-state index contributed by atoms with van der Waals surface area (Å²) in [5.41, 5.74) is 2.70. The van der Waals surface area contributed by atoms with Gasteiger partial charge in [0.05, 0.1) is 12.2 Å². The molecule has 182 valence electrons. The lowest BCUT2D eigenvalue weighted by Crippen LogP contribution is -2.38. The van der Waals surface area contributed by atoms with Crippen molar-refractivity contribution in [2.45, 2.75) is 19.8 Å². The zero-order chi connectivity index (χ0) is 24.5. The normalized spacial score (nSPS) is 13.7. The van der Waals surface area contributed by atoms with Gasteiger partial charge in [-0.25, -0.2) is 9.78 Å². The van der Waals surface area contributed by atoms with Gasteiger partial charge in [0, 0.05) is 38.8 Å². The lowest BCUT2D eigenvalue weighted by molar-refractivity contribution is -0.133. The Hall–Kier alpha value is -3.87. The highest BCUT2D eigenvalue weighted by Gasteiger charge is 2.21. The van der Waals surface area contributed by atoms with Crippen LogP contribution in [0.2, 0.25) is 0 Å². The van der Waals surface area contributed by atoms with E-state index < -0.39 is 0 Å². The number of pyridine rings is 1. The predicted molar refractivity (Wildman–Crippen MR) is 135 cm³/mol. The molecule has 0 aliphatic carbocycles. The first-order chi connectivity index (χ1) is 17.1. The molecule has 1 fully saturated rings. The molecule has 1 aliphatic rings. The molecule has 0 unspecified atom stereocenters. The first-order valence-electron chi connectivity index (χ1n) is 12.0. The molecular formula is C28H31N3O4. The Morgan fingerprint density at radius 1 is 0.914 bits per heavy atom. The highest BCUT2D eigenvalue weighted by atomic mass is 16.5. The SMILES string of the molecule is CCOC(=O)c1ccc(N2CCCN(C(=O)COc3ccccc3Cc3ccccc3)CC2)nc1. The van der Waals surface area contributed by atoms with Gasteiger partial charge in [0.2, 0.25) is 0 Å². The standard InChI is InChI=1S/C28H31N3O4/c1-2-34-28(33)24-13-14-26(29-20-24)30-15-8-16-31(18-17-30)27(32)21-35-25-12-7-6-11-23(25)19-22-9-4-3-5-10-22/h3-7,9-14,20H,2,8,15-19,21H2,1H3. The number of nitrogens with zero attached hydrogens (tertiary/aromatic N) is 3. The number of hydrogen-bond acceptors (Lipinski definition) is 6. The van der Waals surface area contributed by atoms with Crippen LogP contribution in [0.25, 0.3) is 0 Å². The minimum absolute atomic E-state index is 0.0122. The Morgan fingerprint density at radius 2 is 1.71 bits per heavy atom. The zero-order valence-electron chi connectivity index (χ0n) is 20.1. The quantitative estimate of drug-likeness (QED) is 0.461. The second-order valence-electron chi connectivity index (χ2n) is 8.41. The van der Waals surface area contributed by atoms with Crippen LogP contribution >= 0.6 is 0 Å². The van der Waals surface area contributed by atoms with Gasteiger partial charge in [0.15, 0.2) is 6.61 Å². The van der Waals surface area contributed by atoms with Crippen LogP contribution in [-0.4, -0.2) is 61.2 Å². The number of rotatable bonds is 8. The average molecular weight is 474 g/mol. The number of carbonyl (C=O) groups is 2. The number of amides is 1. The highest BCUT2D eigenvalue weighted by Crippen LogP contribution is 2.22. The van der Waals surface area contributed by atoms with Crippen LogP contribution in [0.4, 0.5) is 5.82 Å². The van der Waals surface area contributed by atoms with Gasteiger partial charge in [-0.05, 0) is 42.7 Å². The molecule has 0 spiro atoms. The second-order valence-corrected chi connectivity index (χ2v) is 8.41. The van der Waals surface area contributed by atoms with Gasteiger partial charge in [0.1, 0.15) is 11.6 Å². The third kappa shape index (κ3) is 6.59. The Kier molecular flexibility index (Phi) is 8.33. The van der Waals surface area contributed by atoms with Crippen molar-refractivity contribution < 1.29 is 19.1 Å². The number of para-hydroxylation sites is 1. The van der Waals surface area contributed by atoms with Crippen molar-refractivity contribution in [1.29, 1.82) is 0 Å². The molecule has 1 aromatic heterocycles. The van der Waals surface area contributed by atoms with E-state index in [2.05, 4.69) is 22.0 Å². The molecule has 1 amide bonds. The van der Waals surface area contributed by atoms with Crippen molar-refractivity contribution in [3.63, 3.8) is 0 Å². The maximum Gasteiger partial charge on any atom is 0.339 e. The van der Waals surface area contributed by atoms with Crippen LogP contribution in [0.1, 0.15) is 34.8 Å². The first-order valence-corrected chi connectivity index (χ1v) is 12.0. The Balaban J connectivity index is 1.31. The van der Waals surface area contributed by atoms with E-state index in [1.165, 1.54) is 5.56 Å². The van der Waals surface area contributed by atoms with Gasteiger partial charge >= 0.3 is 5.97 Å². The van der Waals surface area contributed by atoms with E-state index >= 15 is 0 Å². The van der Waals surface area contributed by atoms with E-state index in [1.807, 2.05) is 53.4 Å². The highest BCUT2D eigenvalue weighted by molar-refractivity contribution is 5.89. The first kappa shape index (κ1) is 24.3. The van der Waals surface area contributed by atoms with E-state index in [0.717, 1.165) is 36.5 Å². The molecule has 3 aromatic rings. The summed E-state index contributed by atoms with van der Waals surface area (Å²) in [5, 5.41) is 0. The molecule has 4 rings (SSSR count). The Morgan fingerprint density at radius 3 is 2.49 bits per heavy atom. The largest absolute Gasteiger partial charge is 0.483 e. The summed E-state index contributed by atoms with van der Waals surface area (Å²) >= 11 is 0. The lowest BCUT2D eigenvalue weighted by atomic mass is 10.0. The molecule has 35 heavy (non-hydrogen) atoms. The molecule has 0 N–H and O–H groups in total. The Labute approximate surface area is 206 Å². The van der Waals surface area contributed by atoms with Gasteiger partial charge in [-0.1, -0.05) is 48.5 Å². The van der Waals surface area contributed by atoms with Crippen molar-refractivity contribution in [2.75, 3.05) is 44.3 Å². The second kappa shape index (κ2) is 12.0. The molecule has 0 saturated carbocycles. The molecule has 1 aliphatic heterocycles. The number of benzene rings is 2. The molecule has 0 radical (unpaired) electrons. The number of ether oxygens (including phenoxy) is 2. The van der Waals surface area contributed by atoms with Gasteiger partial charge in [-0.2, -0.15) is 0 Å². The topological polar surface area (TPSA) is 72.0 Å². The van der Waals surface area contributed by atoms with E-state index in [0.29, 0.717) is 31.8 Å². The zero-order valence-corrected chi connectivity index (χ0v) is 20.1. The number of hydrogen-bond donors (Lipinski definition) is 0. The Bertz CT molecular complexity index is 1120. The van der Waals surface area contributed by atoms with Gasteiger partial charge < -0.3 is 19.3 Å². The van der Waals surface area contributed by atoms with Crippen molar-refractivity contribution in [2.24, 2.45) is 0 Å². The van der Waals surface area contributed by atoms with Gasteiger partial charge in [0.25, 0.3) is 5.91 Å². The molecule has 0 atom stereocenters. The van der Waals surface area contributed by atoms with Crippen LogP contribution in [0.15, 0.2) is 72.9 Å². The van der Waals surface area contributed by atoms with Crippen molar-refractivity contribution >= 4 is 17.7 Å². The third-order valence-electron chi connectivity index (χ3n) is 5.99. The van der Waals surface area contributed by atoms with Crippen LogP contribution in [0.5, 0.6) is 5.75 Å². The number of aromatic nitrogens is 1. The maximum atomic E-state index is 12.9. The summed E-state index contributed by atoms with van der Waals surface area (Å²) in [6.07, 6.45) is 3.13. The van der Waals surface area contributed by atoms with Crippen LogP contribution in [-0.2, 0) is 16.0 Å². The molecule has 7 nitrogen and oxygen atoms in total. The van der Waals surface area contributed by atoms with Crippen LogP contribution < -0.4 is 9.64 Å². The van der Waals surface area contributed by atoms with Gasteiger partial charge in [-0.15, -0.1) is 0 Å². The predicted octanol–water partition coefficient (Wildman–Crippen LogP) is 3.97. The van der Waals surface area contributed by atoms with Crippen molar-refractivity contribution in [3.05, 3.63) is 89.6 Å². The minimum Gasteiger partial charge on any atom is -0.483 e. The summed E-state index contributed by atoms with van der Waals surface area (Å²) in [4.78, 5) is 33.2. The van der Waals surface area contributed by atoms with Crippen LogP contribution in [0, 0.1) is 0 Å². The number of carbonyl (C=O) groups excluding carboxylic acids is 2. The fourth-order valence-electron chi connectivity index (χ4n) is 4.14. The number of esters is 1. The summed E-state index contributed by atoms with van der Waals surface area (Å²) in [5.74, 6) is 1.14. The maximum absolute atomic E-state index is 12.9. The van der Waals surface area contributed by atoms with E-state index in [4.69, 9.17) is 9.47 Å². The van der Waals surface area contributed by atoms with Gasteiger partial charge in [-0.3, -0.25) is 4.79 Å². The van der Waals surface area contributed by atoms with E-state index in [9.17, 15) is 9.59 Å². The minimum atomic E-state index is -0.371. The summed E-state index contributed by atoms with van der Waals surface area (Å²) < 4.78 is 11.0. The monoisotopic (exact) mass is 473 g/mol. The average Bonchev–Trinajstić information content (AvgIpc) is 3.15.